The molecule has 0 saturated heterocycles. The third-order valence-corrected chi connectivity index (χ3v) is 5.77. The lowest BCUT2D eigenvalue weighted by atomic mass is 10.1. The number of furan rings is 1. The molecular weight excluding hydrogens is 476 g/mol. The van der Waals surface area contributed by atoms with Gasteiger partial charge in [-0.1, -0.05) is 0 Å². The number of hydrogen-bond donors (Lipinski definition) is 6. The molecule has 2 heterocycles. The van der Waals surface area contributed by atoms with Crippen molar-refractivity contribution in [2.45, 2.75) is 63.2 Å². The zero-order valence-electron chi connectivity index (χ0n) is 19.3. The van der Waals surface area contributed by atoms with Crippen molar-refractivity contribution in [1.29, 1.82) is 0 Å². The molecule has 192 valence electrons. The van der Waals surface area contributed by atoms with Crippen molar-refractivity contribution in [3.8, 4) is 11.5 Å². The first-order valence-electron chi connectivity index (χ1n) is 11.3. The van der Waals surface area contributed by atoms with Gasteiger partial charge in [0.25, 0.3) is 0 Å². The number of thiol groups is 1. The zero-order chi connectivity index (χ0) is 25.8. The van der Waals surface area contributed by atoms with Crippen molar-refractivity contribution in [1.82, 2.24) is 15.2 Å². The van der Waals surface area contributed by atoms with E-state index in [1.807, 2.05) is 35.0 Å². The van der Waals surface area contributed by atoms with Crippen LogP contribution in [-0.4, -0.2) is 62.4 Å². The number of carbonyl (C=O) groups is 4. The maximum Gasteiger partial charge on any atom is 0.320 e. The van der Waals surface area contributed by atoms with Gasteiger partial charge in [-0.3, -0.25) is 19.2 Å². The van der Waals surface area contributed by atoms with E-state index in [0.29, 0.717) is 19.4 Å². The first kappa shape index (κ1) is 28.0. The van der Waals surface area contributed by atoms with E-state index in [4.69, 9.17) is 15.3 Å². The minimum atomic E-state index is -1.22. The van der Waals surface area contributed by atoms with Gasteiger partial charge >= 0.3 is 11.9 Å². The number of nitrogens with two attached hydrogens (primary N) is 1. The summed E-state index contributed by atoms with van der Waals surface area (Å²) in [6.45, 7) is 0.699. The molecule has 35 heavy (non-hydrogen) atoms. The maximum absolute atomic E-state index is 12.6. The number of carbonyl (C=O) groups excluding carboxylic acids is 2. The summed E-state index contributed by atoms with van der Waals surface area (Å²) in [7, 11) is 0. The van der Waals surface area contributed by atoms with Crippen LogP contribution in [0.5, 0.6) is 0 Å². The van der Waals surface area contributed by atoms with Crippen molar-refractivity contribution in [2.75, 3.05) is 5.75 Å². The summed E-state index contributed by atoms with van der Waals surface area (Å²) in [4.78, 5) is 46.8. The van der Waals surface area contributed by atoms with Crippen LogP contribution in [0.2, 0.25) is 0 Å². The number of hydrogen-bond acceptors (Lipinski definition) is 7. The summed E-state index contributed by atoms with van der Waals surface area (Å²) >= 11 is 4.10. The normalized spacial score (nSPS) is 13.5. The number of aromatic nitrogens is 1. The van der Waals surface area contributed by atoms with Gasteiger partial charge in [0, 0.05) is 31.0 Å². The molecule has 12 heteroatoms. The number of nitrogens with zero attached hydrogens (tertiary/aromatic N) is 1. The predicted octanol–water partition coefficient (Wildman–Crippen LogP) is 1.48. The van der Waals surface area contributed by atoms with Gasteiger partial charge in [-0.25, -0.2) is 0 Å². The topological polar surface area (TPSA) is 177 Å². The Labute approximate surface area is 208 Å². The van der Waals surface area contributed by atoms with Crippen LogP contribution in [0.1, 0.15) is 38.5 Å². The number of aryl methyl sites for hydroxylation is 1. The van der Waals surface area contributed by atoms with E-state index < -0.39 is 41.9 Å². The third kappa shape index (κ3) is 9.49. The number of amides is 2. The Morgan fingerprint density at radius 1 is 1.09 bits per heavy atom. The fraction of sp³-hybridized carbons (Fsp3) is 0.478. The van der Waals surface area contributed by atoms with Gasteiger partial charge in [0.05, 0.1) is 18.4 Å². The molecule has 11 nitrogen and oxygen atoms in total. The van der Waals surface area contributed by atoms with Crippen LogP contribution in [0.4, 0.5) is 0 Å². The molecule has 0 fully saturated rings. The predicted molar refractivity (Wildman–Crippen MR) is 131 cm³/mol. The van der Waals surface area contributed by atoms with Crippen molar-refractivity contribution >= 4 is 36.4 Å². The van der Waals surface area contributed by atoms with Crippen molar-refractivity contribution in [3.63, 3.8) is 0 Å². The molecular formula is C23H32N4O7S. The molecule has 0 radical (unpaired) electrons. The second-order valence-corrected chi connectivity index (χ2v) is 8.51. The van der Waals surface area contributed by atoms with Gasteiger partial charge in [0.15, 0.2) is 0 Å². The van der Waals surface area contributed by atoms with Crippen LogP contribution >= 0.6 is 12.6 Å². The number of carboxylic acid groups (broad SMARTS) is 2. The fourth-order valence-corrected chi connectivity index (χ4v) is 3.80. The van der Waals surface area contributed by atoms with Crippen LogP contribution in [0.25, 0.3) is 11.5 Å². The summed E-state index contributed by atoms with van der Waals surface area (Å²) in [5.74, 6) is -2.60. The molecule has 2 aromatic heterocycles. The highest BCUT2D eigenvalue weighted by Gasteiger charge is 2.24. The van der Waals surface area contributed by atoms with Gasteiger partial charge < -0.3 is 35.6 Å². The number of unbranched alkanes of at least 4 members (excludes halogenated alkanes) is 1. The smallest absolute Gasteiger partial charge is 0.320 e. The Morgan fingerprint density at radius 2 is 1.86 bits per heavy atom. The molecule has 2 amide bonds. The van der Waals surface area contributed by atoms with E-state index in [-0.39, 0.29) is 25.0 Å². The van der Waals surface area contributed by atoms with Gasteiger partial charge in [-0.05, 0) is 49.9 Å². The van der Waals surface area contributed by atoms with Crippen LogP contribution in [0.3, 0.4) is 0 Å². The van der Waals surface area contributed by atoms with E-state index >= 15 is 0 Å². The lowest BCUT2D eigenvalue weighted by molar-refractivity contribution is -0.140. The summed E-state index contributed by atoms with van der Waals surface area (Å²) in [6, 6.07) is 4.79. The molecule has 0 aliphatic heterocycles. The van der Waals surface area contributed by atoms with Crippen LogP contribution in [-0.2, 0) is 25.7 Å². The molecule has 0 aliphatic rings. The molecule has 0 bridgehead atoms. The summed E-state index contributed by atoms with van der Waals surface area (Å²) < 4.78 is 7.49. The molecule has 0 aromatic carbocycles. The quantitative estimate of drug-likeness (QED) is 0.146. The Morgan fingerprint density at radius 3 is 2.49 bits per heavy atom. The Hall–Kier alpha value is -3.25. The van der Waals surface area contributed by atoms with Crippen LogP contribution in [0.15, 0.2) is 41.1 Å². The minimum absolute atomic E-state index is 0.00840. The number of carboxylic acids is 2. The van der Waals surface area contributed by atoms with E-state index in [2.05, 4.69) is 23.3 Å². The van der Waals surface area contributed by atoms with Gasteiger partial charge in [0.1, 0.15) is 17.8 Å². The second kappa shape index (κ2) is 14.2. The molecule has 3 atom stereocenters. The summed E-state index contributed by atoms with van der Waals surface area (Å²) in [6.07, 6.45) is 4.92. The first-order chi connectivity index (χ1) is 16.7. The van der Waals surface area contributed by atoms with Crippen molar-refractivity contribution < 1.29 is 33.8 Å². The molecule has 2 rings (SSSR count). The maximum atomic E-state index is 12.6. The number of rotatable bonds is 16. The van der Waals surface area contributed by atoms with Crippen molar-refractivity contribution in [3.05, 3.63) is 36.7 Å². The molecule has 0 saturated carbocycles. The monoisotopic (exact) mass is 508 g/mol. The van der Waals surface area contributed by atoms with Gasteiger partial charge in [0.2, 0.25) is 11.8 Å². The first-order valence-corrected chi connectivity index (χ1v) is 11.9. The highest BCUT2D eigenvalue weighted by Crippen LogP contribution is 2.21. The molecule has 0 spiro atoms. The average molecular weight is 509 g/mol. The Kier molecular flexibility index (Phi) is 11.4. The van der Waals surface area contributed by atoms with Crippen LogP contribution in [0, 0.1) is 0 Å². The average Bonchev–Trinajstić information content (AvgIpc) is 3.49. The van der Waals surface area contributed by atoms with Crippen molar-refractivity contribution in [2.24, 2.45) is 5.73 Å². The second-order valence-electron chi connectivity index (χ2n) is 8.15. The lowest BCUT2D eigenvalue weighted by Crippen LogP contribution is -2.51. The minimum Gasteiger partial charge on any atom is -0.481 e. The highest BCUT2D eigenvalue weighted by molar-refractivity contribution is 7.80. The highest BCUT2D eigenvalue weighted by atomic mass is 32.1. The lowest BCUT2D eigenvalue weighted by Gasteiger charge is -2.22. The number of nitrogens with one attached hydrogen (secondary N) is 2. The van der Waals surface area contributed by atoms with E-state index in [1.165, 1.54) is 0 Å². The molecule has 0 aliphatic carbocycles. The largest absolute Gasteiger partial charge is 0.481 e. The number of aliphatic carboxylic acids is 2. The van der Waals surface area contributed by atoms with Crippen LogP contribution < -0.4 is 16.4 Å². The zero-order valence-corrected chi connectivity index (χ0v) is 20.2. The third-order valence-electron chi connectivity index (χ3n) is 5.41. The van der Waals surface area contributed by atoms with E-state index in [1.54, 1.807) is 6.26 Å². The summed E-state index contributed by atoms with van der Waals surface area (Å²) in [5.41, 5.74) is 6.33. The molecule has 6 N–H and O–H groups in total. The fourth-order valence-electron chi connectivity index (χ4n) is 3.54. The Bertz CT molecular complexity index is 976. The van der Waals surface area contributed by atoms with Gasteiger partial charge in [-0.2, -0.15) is 12.6 Å². The molecule has 2 aromatic rings. The van der Waals surface area contributed by atoms with E-state index in [9.17, 15) is 24.3 Å². The standard InChI is InChI=1S/C23H32N4O7S/c24-16(23(32)33)8-9-20(28)26-17(14-35)22(31)25-15(13-21(29)30)5-1-2-10-27-11-3-6-18(27)19-7-4-12-34-19/h3-4,6-7,11-12,15-17,35H,1-2,5,8-10,13-14,24H2,(H,25,31)(H,26,28)(H,29,30)(H,32,33). The SMILES string of the molecule is NC(CCC(=O)NC(CS)C(=O)NC(CCCCn1cccc1-c1ccco1)CC(=O)O)C(=O)O. The molecule has 3 unspecified atom stereocenters. The van der Waals surface area contributed by atoms with E-state index in [0.717, 1.165) is 17.9 Å². The summed E-state index contributed by atoms with van der Waals surface area (Å²) in [5, 5.41) is 23.2. The Balaban J connectivity index is 1.84. The van der Waals surface area contributed by atoms with Gasteiger partial charge in [-0.15, -0.1) is 0 Å².